The summed E-state index contributed by atoms with van der Waals surface area (Å²) in [6, 6.07) is 9.17. The number of hydrogen-bond acceptors (Lipinski definition) is 4. The fourth-order valence-corrected chi connectivity index (χ4v) is 2.99. The number of nitrogens with two attached hydrogens (primary N) is 1. The van der Waals surface area contributed by atoms with Gasteiger partial charge in [-0.15, -0.1) is 11.3 Å². The van der Waals surface area contributed by atoms with Gasteiger partial charge in [0, 0.05) is 16.6 Å². The van der Waals surface area contributed by atoms with Crippen LogP contribution in [0.1, 0.15) is 41.0 Å². The van der Waals surface area contributed by atoms with Gasteiger partial charge in [0.1, 0.15) is 5.75 Å². The van der Waals surface area contributed by atoms with Crippen LogP contribution in [0.15, 0.2) is 35.7 Å². The standard InChI is InChI=1S/C16H20N2O2S/c1-3-5-14(15-6-4-9-21-15)18-16(19)12-8-7-11(20-2)10-13(12)17/h4,6-10,14H,3,5,17H2,1-2H3,(H,18,19). The molecule has 0 aliphatic heterocycles. The number of anilines is 1. The summed E-state index contributed by atoms with van der Waals surface area (Å²) < 4.78 is 5.10. The molecule has 0 aliphatic carbocycles. The van der Waals surface area contributed by atoms with Crippen LogP contribution in [0.5, 0.6) is 5.75 Å². The lowest BCUT2D eigenvalue weighted by molar-refractivity contribution is 0.0936. The molecule has 0 fully saturated rings. The van der Waals surface area contributed by atoms with Crippen molar-refractivity contribution in [2.24, 2.45) is 0 Å². The van der Waals surface area contributed by atoms with Gasteiger partial charge in [-0.2, -0.15) is 0 Å². The van der Waals surface area contributed by atoms with E-state index in [2.05, 4.69) is 12.2 Å². The largest absolute Gasteiger partial charge is 0.497 e. The van der Waals surface area contributed by atoms with Crippen molar-refractivity contribution < 1.29 is 9.53 Å². The Morgan fingerprint density at radius 2 is 2.24 bits per heavy atom. The number of hydrogen-bond donors (Lipinski definition) is 2. The third kappa shape index (κ3) is 3.76. The van der Waals surface area contributed by atoms with Gasteiger partial charge in [0.05, 0.1) is 18.7 Å². The molecular formula is C16H20N2O2S. The zero-order chi connectivity index (χ0) is 15.2. The highest BCUT2D eigenvalue weighted by molar-refractivity contribution is 7.10. The average molecular weight is 304 g/mol. The van der Waals surface area contributed by atoms with E-state index in [4.69, 9.17) is 10.5 Å². The van der Waals surface area contributed by atoms with Crippen LogP contribution in [0.4, 0.5) is 5.69 Å². The fourth-order valence-electron chi connectivity index (χ4n) is 2.17. The van der Waals surface area contributed by atoms with Gasteiger partial charge in [-0.1, -0.05) is 19.4 Å². The van der Waals surface area contributed by atoms with Crippen LogP contribution in [0.25, 0.3) is 0 Å². The molecule has 1 unspecified atom stereocenters. The van der Waals surface area contributed by atoms with Crippen LogP contribution in [0.2, 0.25) is 0 Å². The number of nitrogen functional groups attached to an aromatic ring is 1. The first-order valence-electron chi connectivity index (χ1n) is 6.93. The predicted molar refractivity (Wildman–Crippen MR) is 86.8 cm³/mol. The van der Waals surface area contributed by atoms with Gasteiger partial charge in [0.2, 0.25) is 0 Å². The quantitative estimate of drug-likeness (QED) is 0.801. The molecule has 1 amide bonds. The molecule has 1 atom stereocenters. The summed E-state index contributed by atoms with van der Waals surface area (Å²) in [5, 5.41) is 5.09. The molecule has 0 radical (unpaired) electrons. The zero-order valence-electron chi connectivity index (χ0n) is 12.3. The van der Waals surface area contributed by atoms with Gasteiger partial charge in [0.15, 0.2) is 0 Å². The Balaban J connectivity index is 2.15. The van der Waals surface area contributed by atoms with Crippen LogP contribution in [0.3, 0.4) is 0 Å². The highest BCUT2D eigenvalue weighted by Gasteiger charge is 2.17. The maximum Gasteiger partial charge on any atom is 0.253 e. The van der Waals surface area contributed by atoms with Crippen LogP contribution >= 0.6 is 11.3 Å². The molecule has 3 N–H and O–H groups in total. The lowest BCUT2D eigenvalue weighted by atomic mass is 10.1. The van der Waals surface area contributed by atoms with Crippen molar-refractivity contribution in [3.63, 3.8) is 0 Å². The van der Waals surface area contributed by atoms with E-state index in [-0.39, 0.29) is 11.9 Å². The normalized spacial score (nSPS) is 11.9. The Morgan fingerprint density at radius 3 is 2.81 bits per heavy atom. The zero-order valence-corrected chi connectivity index (χ0v) is 13.1. The Hall–Kier alpha value is -2.01. The van der Waals surface area contributed by atoms with Gasteiger partial charge in [-0.05, 0) is 30.0 Å². The van der Waals surface area contributed by atoms with Crippen LogP contribution < -0.4 is 15.8 Å². The number of rotatable bonds is 6. The molecule has 21 heavy (non-hydrogen) atoms. The number of carbonyl (C=O) groups is 1. The molecule has 0 saturated heterocycles. The molecule has 0 aliphatic rings. The number of amides is 1. The Labute approximate surface area is 128 Å². The summed E-state index contributed by atoms with van der Waals surface area (Å²) in [5.41, 5.74) is 6.83. The van der Waals surface area contributed by atoms with Gasteiger partial charge >= 0.3 is 0 Å². The summed E-state index contributed by atoms with van der Waals surface area (Å²) >= 11 is 1.65. The van der Waals surface area contributed by atoms with E-state index < -0.39 is 0 Å². The lowest BCUT2D eigenvalue weighted by Gasteiger charge is -2.17. The Morgan fingerprint density at radius 1 is 1.43 bits per heavy atom. The van der Waals surface area contributed by atoms with Crippen molar-refractivity contribution in [2.45, 2.75) is 25.8 Å². The molecule has 4 nitrogen and oxygen atoms in total. The summed E-state index contributed by atoms with van der Waals surface area (Å²) in [6.07, 6.45) is 1.91. The molecule has 0 spiro atoms. The van der Waals surface area contributed by atoms with Gasteiger partial charge in [-0.3, -0.25) is 4.79 Å². The van der Waals surface area contributed by atoms with E-state index in [9.17, 15) is 4.79 Å². The van der Waals surface area contributed by atoms with Gasteiger partial charge in [-0.25, -0.2) is 0 Å². The van der Waals surface area contributed by atoms with E-state index >= 15 is 0 Å². The minimum atomic E-state index is -0.151. The highest BCUT2D eigenvalue weighted by Crippen LogP contribution is 2.25. The molecule has 2 rings (SSSR count). The second-order valence-corrected chi connectivity index (χ2v) is 5.76. The van der Waals surface area contributed by atoms with Crippen LogP contribution in [0, 0.1) is 0 Å². The summed E-state index contributed by atoms with van der Waals surface area (Å²) in [5.74, 6) is 0.495. The summed E-state index contributed by atoms with van der Waals surface area (Å²) in [6.45, 7) is 2.11. The van der Waals surface area contributed by atoms with E-state index in [1.807, 2.05) is 17.5 Å². The number of ether oxygens (including phenoxy) is 1. The molecule has 0 saturated carbocycles. The van der Waals surface area contributed by atoms with Crippen LogP contribution in [-0.4, -0.2) is 13.0 Å². The number of nitrogens with one attached hydrogen (secondary N) is 1. The minimum absolute atomic E-state index is 0.0315. The molecule has 5 heteroatoms. The molecular weight excluding hydrogens is 284 g/mol. The Kier molecular flexibility index (Phi) is 5.22. The first-order valence-corrected chi connectivity index (χ1v) is 7.81. The maximum absolute atomic E-state index is 12.4. The van der Waals surface area contributed by atoms with Crippen molar-refractivity contribution in [2.75, 3.05) is 12.8 Å². The maximum atomic E-state index is 12.4. The SMILES string of the molecule is CCCC(NC(=O)c1ccc(OC)cc1N)c1cccs1. The molecule has 1 heterocycles. The average Bonchev–Trinajstić information content (AvgIpc) is 3.00. The lowest BCUT2D eigenvalue weighted by Crippen LogP contribution is -2.28. The highest BCUT2D eigenvalue weighted by atomic mass is 32.1. The van der Waals surface area contributed by atoms with Gasteiger partial charge < -0.3 is 15.8 Å². The number of methoxy groups -OCH3 is 1. The molecule has 0 bridgehead atoms. The minimum Gasteiger partial charge on any atom is -0.497 e. The third-order valence-electron chi connectivity index (χ3n) is 3.27. The molecule has 1 aromatic heterocycles. The monoisotopic (exact) mass is 304 g/mol. The second kappa shape index (κ2) is 7.13. The molecule has 2 aromatic rings. The van der Waals surface area contributed by atoms with E-state index in [0.29, 0.717) is 17.0 Å². The topological polar surface area (TPSA) is 64.3 Å². The van der Waals surface area contributed by atoms with Crippen molar-refractivity contribution in [1.29, 1.82) is 0 Å². The van der Waals surface area contributed by atoms with E-state index in [1.165, 1.54) is 0 Å². The Bertz CT molecular complexity index is 596. The fraction of sp³-hybridized carbons (Fsp3) is 0.312. The van der Waals surface area contributed by atoms with Crippen molar-refractivity contribution in [1.82, 2.24) is 5.32 Å². The van der Waals surface area contributed by atoms with Gasteiger partial charge in [0.25, 0.3) is 5.91 Å². The third-order valence-corrected chi connectivity index (χ3v) is 4.26. The van der Waals surface area contributed by atoms with Crippen molar-refractivity contribution in [3.05, 3.63) is 46.2 Å². The number of benzene rings is 1. The predicted octanol–water partition coefficient (Wildman–Crippen LogP) is 3.61. The number of thiophene rings is 1. The van der Waals surface area contributed by atoms with Crippen LogP contribution in [-0.2, 0) is 0 Å². The van der Waals surface area contributed by atoms with E-state index in [1.54, 1.807) is 36.6 Å². The van der Waals surface area contributed by atoms with E-state index in [0.717, 1.165) is 17.7 Å². The molecule has 112 valence electrons. The smallest absolute Gasteiger partial charge is 0.253 e. The summed E-state index contributed by atoms with van der Waals surface area (Å²) in [4.78, 5) is 13.6. The first-order chi connectivity index (χ1) is 10.2. The molecule has 1 aromatic carbocycles. The number of carbonyl (C=O) groups excluding carboxylic acids is 1. The van der Waals surface area contributed by atoms with Crippen molar-refractivity contribution >= 4 is 22.9 Å². The first kappa shape index (κ1) is 15.4. The second-order valence-electron chi connectivity index (χ2n) is 4.78. The summed E-state index contributed by atoms with van der Waals surface area (Å²) in [7, 11) is 1.57. The van der Waals surface area contributed by atoms with Crippen molar-refractivity contribution in [3.8, 4) is 5.75 Å².